The predicted molar refractivity (Wildman–Crippen MR) is 160 cm³/mol. The number of benzene rings is 5. The molecular formula is C38H27N. The van der Waals surface area contributed by atoms with Gasteiger partial charge in [-0.1, -0.05) is 121 Å². The first-order valence-corrected chi connectivity index (χ1v) is 13.7. The van der Waals surface area contributed by atoms with E-state index in [0.717, 1.165) is 23.4 Å². The molecule has 0 fully saturated rings. The Bertz CT molecular complexity index is 1850. The van der Waals surface area contributed by atoms with Crippen LogP contribution in [0, 0.1) is 6.92 Å². The van der Waals surface area contributed by atoms with E-state index in [2.05, 4.69) is 140 Å². The van der Waals surface area contributed by atoms with Crippen LogP contribution in [-0.2, 0) is 11.8 Å². The number of hydrogen-bond donors (Lipinski definition) is 0. The van der Waals surface area contributed by atoms with Crippen molar-refractivity contribution in [2.24, 2.45) is 0 Å². The van der Waals surface area contributed by atoms with Crippen molar-refractivity contribution in [2.75, 3.05) is 0 Å². The highest BCUT2D eigenvalue weighted by molar-refractivity contribution is 5.95. The largest absolute Gasteiger partial charge is 0.248 e. The molecule has 1 heterocycles. The third kappa shape index (κ3) is 3.11. The van der Waals surface area contributed by atoms with Crippen molar-refractivity contribution in [3.8, 4) is 33.6 Å². The summed E-state index contributed by atoms with van der Waals surface area (Å²) < 4.78 is 0. The highest BCUT2D eigenvalue weighted by Gasteiger charge is 2.50. The van der Waals surface area contributed by atoms with Gasteiger partial charge in [-0.2, -0.15) is 0 Å². The Kier molecular flexibility index (Phi) is 4.78. The van der Waals surface area contributed by atoms with E-state index in [1.54, 1.807) is 0 Å². The van der Waals surface area contributed by atoms with Crippen molar-refractivity contribution in [1.82, 2.24) is 4.98 Å². The number of fused-ring (bicyclic) bond motifs is 9. The number of nitrogens with zero attached hydrogens (tertiary/aromatic N) is 1. The van der Waals surface area contributed by atoms with Gasteiger partial charge in [0, 0.05) is 11.1 Å². The molecule has 5 aromatic carbocycles. The van der Waals surface area contributed by atoms with Crippen LogP contribution >= 0.6 is 0 Å². The number of aryl methyl sites for hydroxylation is 1. The second-order valence-corrected chi connectivity index (χ2v) is 10.8. The Labute approximate surface area is 229 Å². The molecule has 0 saturated carbocycles. The summed E-state index contributed by atoms with van der Waals surface area (Å²) in [5.41, 5.74) is 16.2. The van der Waals surface area contributed by atoms with Gasteiger partial charge in [0.05, 0.1) is 16.8 Å². The van der Waals surface area contributed by atoms with Gasteiger partial charge in [0.25, 0.3) is 0 Å². The van der Waals surface area contributed by atoms with E-state index in [4.69, 9.17) is 4.98 Å². The minimum Gasteiger partial charge on any atom is -0.248 e. The second-order valence-electron chi connectivity index (χ2n) is 10.8. The molecule has 8 rings (SSSR count). The Morgan fingerprint density at radius 3 is 1.82 bits per heavy atom. The summed E-state index contributed by atoms with van der Waals surface area (Å²) in [4.78, 5) is 5.25. The van der Waals surface area contributed by atoms with Crippen LogP contribution in [0.4, 0.5) is 0 Å². The predicted octanol–water partition coefficient (Wildman–Crippen LogP) is 8.99. The van der Waals surface area contributed by atoms with Crippen LogP contribution < -0.4 is 0 Å². The monoisotopic (exact) mass is 497 g/mol. The Hall–Kier alpha value is -4.75. The van der Waals surface area contributed by atoms with Crippen LogP contribution in [0.3, 0.4) is 0 Å². The SMILES string of the molecule is Cc1cc(-c2ccccc2)nc(-c2cccc3c2-c2ccccc2C32c3ccccc3Cc3ccccc32)c1. The van der Waals surface area contributed by atoms with Gasteiger partial charge in [0.1, 0.15) is 0 Å². The molecule has 0 unspecified atom stereocenters. The van der Waals surface area contributed by atoms with E-state index >= 15 is 0 Å². The first kappa shape index (κ1) is 22.3. The summed E-state index contributed by atoms with van der Waals surface area (Å²) in [5, 5.41) is 0. The quantitative estimate of drug-likeness (QED) is 0.232. The normalized spacial score (nSPS) is 13.9. The van der Waals surface area contributed by atoms with Crippen LogP contribution in [0.15, 0.2) is 133 Å². The van der Waals surface area contributed by atoms with Gasteiger partial charge < -0.3 is 0 Å². The van der Waals surface area contributed by atoms with Crippen molar-refractivity contribution < 1.29 is 0 Å². The molecular weight excluding hydrogens is 470 g/mol. The summed E-state index contributed by atoms with van der Waals surface area (Å²) >= 11 is 0. The lowest BCUT2D eigenvalue weighted by molar-refractivity contribution is 0.722. The zero-order chi connectivity index (χ0) is 26.0. The molecule has 0 saturated heterocycles. The van der Waals surface area contributed by atoms with Gasteiger partial charge in [0.2, 0.25) is 0 Å². The average molecular weight is 498 g/mol. The van der Waals surface area contributed by atoms with Crippen molar-refractivity contribution in [1.29, 1.82) is 0 Å². The molecule has 0 bridgehead atoms. The van der Waals surface area contributed by atoms with Gasteiger partial charge >= 0.3 is 0 Å². The Morgan fingerprint density at radius 2 is 1.08 bits per heavy atom. The van der Waals surface area contributed by atoms with E-state index < -0.39 is 0 Å². The topological polar surface area (TPSA) is 12.9 Å². The molecule has 6 aromatic rings. The van der Waals surface area contributed by atoms with Crippen LogP contribution in [0.5, 0.6) is 0 Å². The number of hydrogen-bond acceptors (Lipinski definition) is 1. The Morgan fingerprint density at radius 1 is 0.513 bits per heavy atom. The molecule has 1 aromatic heterocycles. The lowest BCUT2D eigenvalue weighted by Gasteiger charge is -2.40. The van der Waals surface area contributed by atoms with E-state index in [9.17, 15) is 0 Å². The Balaban J connectivity index is 1.47. The van der Waals surface area contributed by atoms with E-state index in [-0.39, 0.29) is 5.41 Å². The van der Waals surface area contributed by atoms with Gasteiger partial charge in [-0.3, -0.25) is 0 Å². The first-order chi connectivity index (χ1) is 19.2. The third-order valence-electron chi connectivity index (χ3n) is 8.61. The standard InChI is InChI=1S/C38H27N/c1-25-22-35(26-12-3-2-4-13-26)39-36(23-25)30-17-11-21-34-37(30)29-16-7-10-20-33(29)38(34)31-18-8-5-14-27(31)24-28-15-6-9-19-32(28)38/h2-23H,24H2,1H3. The average Bonchev–Trinajstić information content (AvgIpc) is 3.29. The van der Waals surface area contributed by atoms with Crippen molar-refractivity contribution in [3.05, 3.63) is 172 Å². The lowest BCUT2D eigenvalue weighted by Crippen LogP contribution is -2.34. The molecule has 39 heavy (non-hydrogen) atoms. The summed E-state index contributed by atoms with van der Waals surface area (Å²) in [7, 11) is 0. The van der Waals surface area contributed by atoms with Crippen molar-refractivity contribution in [3.63, 3.8) is 0 Å². The van der Waals surface area contributed by atoms with Crippen LogP contribution in [0.25, 0.3) is 33.6 Å². The lowest BCUT2D eigenvalue weighted by atomic mass is 9.61. The number of aromatic nitrogens is 1. The van der Waals surface area contributed by atoms with Gasteiger partial charge in [-0.25, -0.2) is 4.98 Å². The van der Waals surface area contributed by atoms with Gasteiger partial charge in [0.15, 0.2) is 0 Å². The minimum absolute atomic E-state index is 0.348. The van der Waals surface area contributed by atoms with Gasteiger partial charge in [-0.05, 0) is 75.5 Å². The maximum atomic E-state index is 5.25. The molecule has 1 spiro atoms. The van der Waals surface area contributed by atoms with Crippen molar-refractivity contribution >= 4 is 0 Å². The molecule has 184 valence electrons. The van der Waals surface area contributed by atoms with E-state index in [1.165, 1.54) is 55.6 Å². The maximum Gasteiger partial charge on any atom is 0.0719 e. The van der Waals surface area contributed by atoms with Crippen LogP contribution in [-0.4, -0.2) is 4.98 Å². The van der Waals surface area contributed by atoms with Crippen LogP contribution in [0.2, 0.25) is 0 Å². The molecule has 0 aliphatic heterocycles. The molecule has 0 atom stereocenters. The first-order valence-electron chi connectivity index (χ1n) is 13.7. The van der Waals surface area contributed by atoms with Gasteiger partial charge in [-0.15, -0.1) is 0 Å². The highest BCUT2D eigenvalue weighted by Crippen LogP contribution is 2.60. The fourth-order valence-electron chi connectivity index (χ4n) is 7.11. The summed E-state index contributed by atoms with van der Waals surface area (Å²) in [5.74, 6) is 0. The zero-order valence-corrected chi connectivity index (χ0v) is 21.9. The summed E-state index contributed by atoms with van der Waals surface area (Å²) in [6.07, 6.45) is 0.963. The fourth-order valence-corrected chi connectivity index (χ4v) is 7.11. The third-order valence-corrected chi connectivity index (χ3v) is 8.61. The smallest absolute Gasteiger partial charge is 0.0719 e. The summed E-state index contributed by atoms with van der Waals surface area (Å²) in [6, 6.07) is 48.9. The highest BCUT2D eigenvalue weighted by atomic mass is 14.7. The van der Waals surface area contributed by atoms with E-state index in [0.29, 0.717) is 0 Å². The molecule has 1 heteroatoms. The van der Waals surface area contributed by atoms with Crippen molar-refractivity contribution in [2.45, 2.75) is 18.8 Å². The maximum absolute atomic E-state index is 5.25. The summed E-state index contributed by atoms with van der Waals surface area (Å²) in [6.45, 7) is 2.17. The molecule has 0 radical (unpaired) electrons. The van der Waals surface area contributed by atoms with E-state index in [1.807, 2.05) is 0 Å². The second kappa shape index (κ2) is 8.38. The number of rotatable bonds is 2. The van der Waals surface area contributed by atoms with Crippen LogP contribution in [0.1, 0.15) is 38.9 Å². The molecule has 0 N–H and O–H groups in total. The minimum atomic E-state index is -0.348. The zero-order valence-electron chi connectivity index (χ0n) is 21.9. The molecule has 2 aliphatic carbocycles. The number of pyridine rings is 1. The molecule has 0 amide bonds. The molecule has 2 aliphatic rings. The fraction of sp³-hybridized carbons (Fsp3) is 0.0789. The molecule has 1 nitrogen and oxygen atoms in total.